The minimum atomic E-state index is -0.133. The summed E-state index contributed by atoms with van der Waals surface area (Å²) in [5.74, 6) is 0.0942. The summed E-state index contributed by atoms with van der Waals surface area (Å²) >= 11 is 0. The van der Waals surface area contributed by atoms with Gasteiger partial charge in [-0.3, -0.25) is 4.79 Å². The molecule has 1 aliphatic heterocycles. The molecule has 25 heavy (non-hydrogen) atoms. The summed E-state index contributed by atoms with van der Waals surface area (Å²) in [5.41, 5.74) is 2.32. The van der Waals surface area contributed by atoms with Gasteiger partial charge >= 0.3 is 6.03 Å². The van der Waals surface area contributed by atoms with E-state index in [9.17, 15) is 9.59 Å². The normalized spacial score (nSPS) is 20.0. The molecule has 1 heterocycles. The number of piperazine rings is 1. The quantitative estimate of drug-likeness (QED) is 0.912. The van der Waals surface area contributed by atoms with Gasteiger partial charge in [-0.25, -0.2) is 4.79 Å². The number of benzene rings is 1. The van der Waals surface area contributed by atoms with E-state index in [2.05, 4.69) is 43.4 Å². The van der Waals surface area contributed by atoms with Gasteiger partial charge in [0.2, 0.25) is 5.91 Å². The molecule has 1 aromatic rings. The molecule has 1 N–H and O–H groups in total. The first-order chi connectivity index (χ1) is 12.1. The Hall–Kier alpha value is -2.04. The van der Waals surface area contributed by atoms with Gasteiger partial charge in [-0.05, 0) is 31.7 Å². The number of nitrogens with one attached hydrogen (secondary N) is 1. The van der Waals surface area contributed by atoms with E-state index < -0.39 is 0 Å². The maximum absolute atomic E-state index is 12.6. The van der Waals surface area contributed by atoms with Crippen LogP contribution in [0.4, 0.5) is 4.79 Å². The molecule has 2 aliphatic rings. The number of urea groups is 1. The van der Waals surface area contributed by atoms with Gasteiger partial charge in [-0.2, -0.15) is 0 Å². The fraction of sp³-hybridized carbons (Fsp3) is 0.600. The number of amides is 3. The van der Waals surface area contributed by atoms with Gasteiger partial charge in [-0.1, -0.05) is 49.6 Å². The largest absolute Gasteiger partial charge is 0.336 e. The van der Waals surface area contributed by atoms with Gasteiger partial charge in [0, 0.05) is 19.1 Å². The highest BCUT2D eigenvalue weighted by Gasteiger charge is 2.33. The third-order valence-corrected chi connectivity index (χ3v) is 5.50. The Morgan fingerprint density at radius 2 is 1.88 bits per heavy atom. The molecule has 3 amide bonds. The summed E-state index contributed by atoms with van der Waals surface area (Å²) in [5, 5.41) is 3.09. The summed E-state index contributed by atoms with van der Waals surface area (Å²) in [7, 11) is 0. The molecule has 136 valence electrons. The van der Waals surface area contributed by atoms with Crippen molar-refractivity contribution in [1.29, 1.82) is 0 Å². The number of aryl methyl sites for hydroxylation is 1. The maximum atomic E-state index is 12.6. The Labute approximate surface area is 150 Å². The minimum Gasteiger partial charge on any atom is -0.336 e. The highest BCUT2D eigenvalue weighted by molar-refractivity contribution is 5.85. The highest BCUT2D eigenvalue weighted by atomic mass is 16.2. The monoisotopic (exact) mass is 343 g/mol. The molecule has 1 saturated carbocycles. The van der Waals surface area contributed by atoms with Crippen LogP contribution in [0.1, 0.15) is 56.2 Å². The van der Waals surface area contributed by atoms with Crippen LogP contribution in [0.2, 0.25) is 0 Å². The molecule has 1 saturated heterocycles. The molecule has 0 aromatic heterocycles. The number of hydrogen-bond acceptors (Lipinski definition) is 2. The van der Waals surface area contributed by atoms with Crippen LogP contribution in [0, 0.1) is 6.92 Å². The summed E-state index contributed by atoms with van der Waals surface area (Å²) in [6.45, 7) is 5.61. The van der Waals surface area contributed by atoms with Crippen LogP contribution in [0.25, 0.3) is 0 Å². The van der Waals surface area contributed by atoms with Gasteiger partial charge < -0.3 is 15.1 Å². The number of carbonyl (C=O) groups excluding carboxylic acids is 2. The van der Waals surface area contributed by atoms with Crippen LogP contribution in [-0.4, -0.2) is 47.4 Å². The van der Waals surface area contributed by atoms with Crippen LogP contribution in [0.5, 0.6) is 0 Å². The zero-order valence-electron chi connectivity index (χ0n) is 15.3. The first-order valence-corrected chi connectivity index (χ1v) is 9.50. The Morgan fingerprint density at radius 3 is 2.48 bits per heavy atom. The summed E-state index contributed by atoms with van der Waals surface area (Å²) in [6.07, 6.45) is 5.48. The maximum Gasteiger partial charge on any atom is 0.318 e. The first kappa shape index (κ1) is 17.8. The van der Waals surface area contributed by atoms with Crippen molar-refractivity contribution in [2.45, 2.75) is 58.0 Å². The highest BCUT2D eigenvalue weighted by Crippen LogP contribution is 2.25. The van der Waals surface area contributed by atoms with E-state index in [1.165, 1.54) is 18.4 Å². The second kappa shape index (κ2) is 7.89. The predicted molar refractivity (Wildman–Crippen MR) is 98.3 cm³/mol. The van der Waals surface area contributed by atoms with Gasteiger partial charge in [0.25, 0.3) is 0 Å². The molecule has 1 aromatic carbocycles. The van der Waals surface area contributed by atoms with Crippen molar-refractivity contribution < 1.29 is 9.59 Å². The Kier molecular flexibility index (Phi) is 5.61. The molecule has 3 rings (SSSR count). The lowest BCUT2D eigenvalue weighted by Gasteiger charge is -2.38. The zero-order chi connectivity index (χ0) is 17.8. The van der Waals surface area contributed by atoms with Crippen LogP contribution in [0.3, 0.4) is 0 Å². The lowest BCUT2D eigenvalue weighted by atomic mass is 10.0. The second-order valence-corrected chi connectivity index (χ2v) is 7.27. The van der Waals surface area contributed by atoms with Crippen molar-refractivity contribution in [3.63, 3.8) is 0 Å². The smallest absolute Gasteiger partial charge is 0.318 e. The SMILES string of the molecule is CCC(NC(=O)N1CCN(C2CCCC2)C(=O)C1)c1ccc(C)cc1. The Balaban J connectivity index is 1.57. The van der Waals surface area contributed by atoms with Crippen molar-refractivity contribution in [3.05, 3.63) is 35.4 Å². The van der Waals surface area contributed by atoms with Crippen molar-refractivity contribution in [2.24, 2.45) is 0 Å². The van der Waals surface area contributed by atoms with Crippen LogP contribution < -0.4 is 5.32 Å². The molecule has 1 atom stereocenters. The average Bonchev–Trinajstić information content (AvgIpc) is 3.14. The fourth-order valence-corrected chi connectivity index (χ4v) is 3.92. The van der Waals surface area contributed by atoms with E-state index >= 15 is 0 Å². The van der Waals surface area contributed by atoms with E-state index in [1.807, 2.05) is 4.90 Å². The molecular formula is C20H29N3O2. The van der Waals surface area contributed by atoms with Crippen molar-refractivity contribution in [2.75, 3.05) is 19.6 Å². The van der Waals surface area contributed by atoms with Crippen molar-refractivity contribution >= 4 is 11.9 Å². The van der Waals surface area contributed by atoms with Gasteiger partial charge in [0.05, 0.1) is 6.04 Å². The second-order valence-electron chi connectivity index (χ2n) is 7.27. The van der Waals surface area contributed by atoms with E-state index in [-0.39, 0.29) is 24.5 Å². The van der Waals surface area contributed by atoms with Crippen LogP contribution >= 0.6 is 0 Å². The fourth-order valence-electron chi connectivity index (χ4n) is 3.92. The van der Waals surface area contributed by atoms with Crippen LogP contribution in [-0.2, 0) is 4.79 Å². The number of rotatable bonds is 4. The van der Waals surface area contributed by atoms with Crippen molar-refractivity contribution in [3.8, 4) is 0 Å². The molecule has 2 fully saturated rings. The van der Waals surface area contributed by atoms with Crippen molar-refractivity contribution in [1.82, 2.24) is 15.1 Å². The van der Waals surface area contributed by atoms with E-state index in [0.717, 1.165) is 24.8 Å². The summed E-state index contributed by atoms with van der Waals surface area (Å²) in [6, 6.07) is 8.50. The molecule has 0 radical (unpaired) electrons. The van der Waals surface area contributed by atoms with Gasteiger partial charge in [-0.15, -0.1) is 0 Å². The lowest BCUT2D eigenvalue weighted by molar-refractivity contribution is -0.137. The molecule has 5 heteroatoms. The van der Waals surface area contributed by atoms with Gasteiger partial charge in [0.1, 0.15) is 6.54 Å². The third-order valence-electron chi connectivity index (χ3n) is 5.50. The standard InChI is InChI=1S/C20H29N3O2/c1-3-18(16-10-8-15(2)9-11-16)21-20(25)22-12-13-23(19(24)14-22)17-6-4-5-7-17/h8-11,17-18H,3-7,12-14H2,1-2H3,(H,21,25). The minimum absolute atomic E-state index is 0.0175. The van der Waals surface area contributed by atoms with E-state index in [4.69, 9.17) is 0 Å². The first-order valence-electron chi connectivity index (χ1n) is 9.50. The molecule has 0 bridgehead atoms. The van der Waals surface area contributed by atoms with E-state index in [0.29, 0.717) is 19.1 Å². The molecule has 1 aliphatic carbocycles. The van der Waals surface area contributed by atoms with Gasteiger partial charge in [0.15, 0.2) is 0 Å². The topological polar surface area (TPSA) is 52.7 Å². The van der Waals surface area contributed by atoms with Crippen LogP contribution in [0.15, 0.2) is 24.3 Å². The molecular weight excluding hydrogens is 314 g/mol. The number of hydrogen-bond donors (Lipinski definition) is 1. The Bertz CT molecular complexity index is 608. The lowest BCUT2D eigenvalue weighted by Crippen LogP contribution is -2.57. The zero-order valence-corrected chi connectivity index (χ0v) is 15.3. The molecule has 1 unspecified atom stereocenters. The molecule has 0 spiro atoms. The predicted octanol–water partition coefficient (Wildman–Crippen LogP) is 3.24. The van der Waals surface area contributed by atoms with E-state index in [1.54, 1.807) is 4.90 Å². The molecule has 5 nitrogen and oxygen atoms in total. The number of nitrogens with zero attached hydrogens (tertiary/aromatic N) is 2. The summed E-state index contributed by atoms with van der Waals surface area (Å²) < 4.78 is 0. The summed E-state index contributed by atoms with van der Waals surface area (Å²) in [4.78, 5) is 28.7. The average molecular weight is 343 g/mol. The third kappa shape index (κ3) is 4.14. The number of carbonyl (C=O) groups is 2. The Morgan fingerprint density at radius 1 is 1.20 bits per heavy atom.